The van der Waals surface area contributed by atoms with Crippen LogP contribution in [0.3, 0.4) is 0 Å². The molecule has 0 aromatic heterocycles. The topological polar surface area (TPSA) is 21.5 Å². The third-order valence-electron chi connectivity index (χ3n) is 5.87. The summed E-state index contributed by atoms with van der Waals surface area (Å²) < 4.78 is 14.6. The van der Waals surface area contributed by atoms with Crippen LogP contribution in [-0.2, 0) is 4.74 Å². The molecule has 2 aliphatic carbocycles. The van der Waals surface area contributed by atoms with E-state index >= 15 is 0 Å². The molecular formula is C26H28Cl2NO2+. The van der Waals surface area contributed by atoms with Crippen molar-refractivity contribution in [1.82, 2.24) is 0 Å². The smallest absolute Gasteiger partial charge is 0.406 e. The molecule has 0 saturated heterocycles. The normalized spacial score (nSPS) is 23.4. The van der Waals surface area contributed by atoms with Crippen molar-refractivity contribution in [3.05, 3.63) is 63.4 Å². The van der Waals surface area contributed by atoms with Crippen molar-refractivity contribution in [2.75, 3.05) is 13.6 Å². The Labute approximate surface area is 195 Å². The van der Waals surface area contributed by atoms with E-state index in [1.165, 1.54) is 18.4 Å². The van der Waals surface area contributed by atoms with Gasteiger partial charge in [-0.1, -0.05) is 53.3 Å². The van der Waals surface area contributed by atoms with Gasteiger partial charge < -0.3 is 9.47 Å². The van der Waals surface area contributed by atoms with Gasteiger partial charge in [0.05, 0.1) is 23.0 Å². The Morgan fingerprint density at radius 1 is 1.19 bits per heavy atom. The summed E-state index contributed by atoms with van der Waals surface area (Å²) in [4.78, 5) is 0. The van der Waals surface area contributed by atoms with Crippen LogP contribution in [0.4, 0.5) is 0 Å². The first-order valence-corrected chi connectivity index (χ1v) is 11.6. The van der Waals surface area contributed by atoms with E-state index in [0.29, 0.717) is 33.4 Å². The second-order valence-corrected chi connectivity index (χ2v) is 9.50. The number of nitrogens with zero attached hydrogens (tertiary/aromatic N) is 1. The maximum atomic E-state index is 6.42. The number of rotatable bonds is 5. The molecule has 1 aromatic carbocycles. The molecule has 31 heavy (non-hydrogen) atoms. The first kappa shape index (κ1) is 22.1. The van der Waals surface area contributed by atoms with Gasteiger partial charge in [0.2, 0.25) is 5.76 Å². The maximum absolute atomic E-state index is 6.42. The van der Waals surface area contributed by atoms with Crippen molar-refractivity contribution in [3.8, 4) is 17.6 Å². The average molecular weight is 457 g/mol. The van der Waals surface area contributed by atoms with Crippen LogP contribution in [0.25, 0.3) is 0 Å². The highest BCUT2D eigenvalue weighted by atomic mass is 35.5. The molecule has 3 nitrogen and oxygen atoms in total. The van der Waals surface area contributed by atoms with Gasteiger partial charge in [0, 0.05) is 0 Å². The molecule has 3 aliphatic rings. The van der Waals surface area contributed by atoms with E-state index in [4.69, 9.17) is 32.7 Å². The molecule has 1 aliphatic heterocycles. The zero-order valence-corrected chi connectivity index (χ0v) is 19.9. The van der Waals surface area contributed by atoms with Gasteiger partial charge in [-0.05, 0) is 68.9 Å². The highest BCUT2D eigenvalue weighted by Gasteiger charge is 2.39. The molecule has 2 unspecified atom stereocenters. The van der Waals surface area contributed by atoms with Gasteiger partial charge >= 0.3 is 5.90 Å². The molecule has 0 N–H and O–H groups in total. The fraction of sp³-hybridized carbons (Fsp3) is 0.423. The van der Waals surface area contributed by atoms with Crippen LogP contribution in [0, 0.1) is 29.6 Å². The summed E-state index contributed by atoms with van der Waals surface area (Å²) in [6.45, 7) is 6.92. The van der Waals surface area contributed by atoms with E-state index in [-0.39, 0.29) is 17.9 Å². The quantitative estimate of drug-likeness (QED) is 0.384. The molecule has 0 bridgehead atoms. The number of halogens is 2. The predicted molar refractivity (Wildman–Crippen MR) is 127 cm³/mol. The maximum Gasteiger partial charge on any atom is 0.406 e. The van der Waals surface area contributed by atoms with Crippen molar-refractivity contribution in [2.24, 2.45) is 17.8 Å². The Balaban J connectivity index is 1.70. The molecule has 1 saturated carbocycles. The van der Waals surface area contributed by atoms with Gasteiger partial charge in [-0.3, -0.25) is 0 Å². The SMILES string of the molecule is CC1=C(Oc2cccc(Cl)c2Cl)C(OC(C)C)=[N+](C)CC1C1C#CC=C(C2CC2)C=C1. The van der Waals surface area contributed by atoms with Crippen LogP contribution in [0.2, 0.25) is 10.0 Å². The fourth-order valence-corrected chi connectivity index (χ4v) is 4.34. The predicted octanol–water partition coefficient (Wildman–Crippen LogP) is 6.27. The number of allylic oxidation sites excluding steroid dienone is 4. The molecule has 1 fully saturated rings. The minimum atomic E-state index is 0.0121. The van der Waals surface area contributed by atoms with Gasteiger partial charge in [-0.15, -0.1) is 0 Å². The van der Waals surface area contributed by atoms with E-state index in [1.54, 1.807) is 6.07 Å². The van der Waals surface area contributed by atoms with Crippen LogP contribution in [0.1, 0.15) is 33.6 Å². The Morgan fingerprint density at radius 2 is 1.97 bits per heavy atom. The van der Waals surface area contributed by atoms with Gasteiger partial charge in [-0.25, -0.2) is 0 Å². The molecule has 0 spiro atoms. The Kier molecular flexibility index (Phi) is 6.51. The van der Waals surface area contributed by atoms with Gasteiger partial charge in [0.1, 0.15) is 17.8 Å². The lowest BCUT2D eigenvalue weighted by Crippen LogP contribution is -2.38. The highest BCUT2D eigenvalue weighted by Crippen LogP contribution is 2.39. The van der Waals surface area contributed by atoms with E-state index in [9.17, 15) is 0 Å². The molecule has 0 radical (unpaired) electrons. The van der Waals surface area contributed by atoms with Crippen molar-refractivity contribution < 1.29 is 14.0 Å². The van der Waals surface area contributed by atoms with Crippen LogP contribution >= 0.6 is 23.2 Å². The standard InChI is InChI=1S/C26H28Cl2NO2/c1-16(2)30-26-25(31-23-10-6-9-22(27)24(23)28)17(3)21(15-29(26)4)20-8-5-7-18(13-14-20)19-11-12-19/h6-7,9-10,13-14,16,19-21H,11-12,15H2,1-4H3/q+1. The molecule has 2 atom stereocenters. The molecule has 0 amide bonds. The number of benzene rings is 1. The van der Waals surface area contributed by atoms with Crippen molar-refractivity contribution in [2.45, 2.75) is 39.7 Å². The highest BCUT2D eigenvalue weighted by molar-refractivity contribution is 6.42. The summed E-state index contributed by atoms with van der Waals surface area (Å²) in [6.07, 6.45) is 9.15. The molecule has 162 valence electrons. The second-order valence-electron chi connectivity index (χ2n) is 8.72. The Morgan fingerprint density at radius 3 is 2.68 bits per heavy atom. The van der Waals surface area contributed by atoms with Crippen molar-refractivity contribution >= 4 is 29.1 Å². The summed E-state index contributed by atoms with van der Waals surface area (Å²) in [5.74, 6) is 9.62. The first-order chi connectivity index (χ1) is 14.8. The van der Waals surface area contributed by atoms with Crippen molar-refractivity contribution in [1.29, 1.82) is 0 Å². The summed E-state index contributed by atoms with van der Waals surface area (Å²) in [6, 6.07) is 5.40. The second kappa shape index (κ2) is 9.15. The minimum absolute atomic E-state index is 0.0121. The Hall–Kier alpha value is -2.15. The van der Waals surface area contributed by atoms with Gasteiger partial charge in [-0.2, -0.15) is 4.58 Å². The fourth-order valence-electron chi connectivity index (χ4n) is 4.01. The van der Waals surface area contributed by atoms with E-state index in [0.717, 1.165) is 12.1 Å². The summed E-state index contributed by atoms with van der Waals surface area (Å²) >= 11 is 12.6. The van der Waals surface area contributed by atoms with Crippen LogP contribution in [0.15, 0.2) is 53.3 Å². The van der Waals surface area contributed by atoms with E-state index < -0.39 is 0 Å². The molecule has 1 heterocycles. The number of ether oxygens (including phenoxy) is 2. The summed E-state index contributed by atoms with van der Waals surface area (Å²) in [7, 11) is 2.03. The lowest BCUT2D eigenvalue weighted by atomic mass is 9.84. The largest absolute Gasteiger partial charge is 0.445 e. The van der Waals surface area contributed by atoms with Crippen LogP contribution in [0.5, 0.6) is 5.75 Å². The lowest BCUT2D eigenvalue weighted by Gasteiger charge is -2.27. The van der Waals surface area contributed by atoms with Crippen LogP contribution in [-0.4, -0.2) is 30.2 Å². The zero-order valence-electron chi connectivity index (χ0n) is 18.4. The van der Waals surface area contributed by atoms with E-state index in [1.807, 2.05) is 33.0 Å². The zero-order chi connectivity index (χ0) is 22.1. The van der Waals surface area contributed by atoms with Gasteiger partial charge in [0.15, 0.2) is 6.54 Å². The number of hydrogen-bond donors (Lipinski definition) is 0. The summed E-state index contributed by atoms with van der Waals surface area (Å²) in [5.41, 5.74) is 2.46. The number of hydrogen-bond acceptors (Lipinski definition) is 2. The summed E-state index contributed by atoms with van der Waals surface area (Å²) in [5, 5.41) is 0.853. The van der Waals surface area contributed by atoms with Crippen LogP contribution < -0.4 is 4.74 Å². The molecule has 1 aromatic rings. The molecule has 4 rings (SSSR count). The van der Waals surface area contributed by atoms with Crippen molar-refractivity contribution in [3.63, 3.8) is 0 Å². The minimum Gasteiger partial charge on any atom is -0.445 e. The molecular weight excluding hydrogens is 429 g/mol. The van der Waals surface area contributed by atoms with E-state index in [2.05, 4.69) is 41.6 Å². The first-order valence-electron chi connectivity index (χ1n) is 10.8. The lowest BCUT2D eigenvalue weighted by molar-refractivity contribution is -0.516. The monoisotopic (exact) mass is 456 g/mol. The Bertz CT molecular complexity index is 1060. The third-order valence-corrected chi connectivity index (χ3v) is 6.67. The average Bonchev–Trinajstić information content (AvgIpc) is 3.56. The van der Waals surface area contributed by atoms with Gasteiger partial charge in [0.25, 0.3) is 0 Å². The third kappa shape index (κ3) is 4.86. The molecule has 5 heteroatoms.